The van der Waals surface area contributed by atoms with Gasteiger partial charge in [-0.1, -0.05) is 0 Å². The predicted molar refractivity (Wildman–Crippen MR) is 104 cm³/mol. The molecule has 0 spiro atoms. The molecule has 1 fully saturated rings. The highest BCUT2D eigenvalue weighted by atomic mass is 19.1. The Morgan fingerprint density at radius 2 is 1.93 bits per heavy atom. The van der Waals surface area contributed by atoms with Gasteiger partial charge in [0, 0.05) is 43.3 Å². The first-order chi connectivity index (χ1) is 13.1. The van der Waals surface area contributed by atoms with Gasteiger partial charge in [-0.05, 0) is 42.8 Å². The van der Waals surface area contributed by atoms with Crippen molar-refractivity contribution in [2.75, 3.05) is 18.0 Å². The van der Waals surface area contributed by atoms with E-state index in [1.165, 1.54) is 6.07 Å². The SMILES string of the molecule is Cn1cc2cc(-c3ccc4nc(N5CCC(N)C5)ccc4n3)cc(F)c2n1. The van der Waals surface area contributed by atoms with Crippen molar-refractivity contribution in [2.45, 2.75) is 12.5 Å². The van der Waals surface area contributed by atoms with Crippen LogP contribution in [0.3, 0.4) is 0 Å². The molecular weight excluding hydrogens is 343 g/mol. The molecule has 136 valence electrons. The lowest BCUT2D eigenvalue weighted by molar-refractivity contribution is 0.633. The first-order valence-electron chi connectivity index (χ1n) is 8.98. The zero-order valence-electron chi connectivity index (χ0n) is 14.9. The third-order valence-corrected chi connectivity index (χ3v) is 5.05. The van der Waals surface area contributed by atoms with E-state index in [1.54, 1.807) is 17.9 Å². The highest BCUT2D eigenvalue weighted by Gasteiger charge is 2.20. The minimum absolute atomic E-state index is 0.209. The van der Waals surface area contributed by atoms with Crippen LogP contribution in [0.15, 0.2) is 42.6 Å². The van der Waals surface area contributed by atoms with Gasteiger partial charge in [0.15, 0.2) is 5.82 Å². The number of pyridine rings is 2. The summed E-state index contributed by atoms with van der Waals surface area (Å²) >= 11 is 0. The summed E-state index contributed by atoms with van der Waals surface area (Å²) in [5.41, 5.74) is 9.41. The maximum atomic E-state index is 14.4. The smallest absolute Gasteiger partial charge is 0.151 e. The zero-order valence-corrected chi connectivity index (χ0v) is 14.9. The molecule has 2 N–H and O–H groups in total. The Labute approximate surface area is 155 Å². The molecule has 1 atom stereocenters. The average molecular weight is 362 g/mol. The minimum Gasteiger partial charge on any atom is -0.355 e. The summed E-state index contributed by atoms with van der Waals surface area (Å²) in [4.78, 5) is 11.6. The van der Waals surface area contributed by atoms with Crippen LogP contribution in [0, 0.1) is 5.82 Å². The van der Waals surface area contributed by atoms with Gasteiger partial charge in [0.2, 0.25) is 0 Å². The molecule has 1 aliphatic heterocycles. The van der Waals surface area contributed by atoms with Gasteiger partial charge >= 0.3 is 0 Å². The zero-order chi connectivity index (χ0) is 18.5. The number of hydrogen-bond acceptors (Lipinski definition) is 5. The summed E-state index contributed by atoms with van der Waals surface area (Å²) in [7, 11) is 1.78. The molecule has 3 aromatic heterocycles. The number of anilines is 1. The summed E-state index contributed by atoms with van der Waals surface area (Å²) < 4.78 is 16.0. The lowest BCUT2D eigenvalue weighted by atomic mass is 10.1. The fraction of sp³-hybridized carbons (Fsp3) is 0.250. The Morgan fingerprint density at radius 1 is 1.11 bits per heavy atom. The van der Waals surface area contributed by atoms with Gasteiger partial charge in [0.05, 0.1) is 16.7 Å². The van der Waals surface area contributed by atoms with Gasteiger partial charge in [-0.25, -0.2) is 14.4 Å². The van der Waals surface area contributed by atoms with Crippen LogP contribution in [0.5, 0.6) is 0 Å². The summed E-state index contributed by atoms with van der Waals surface area (Å²) in [6, 6.07) is 11.4. The number of aryl methyl sites for hydroxylation is 1. The maximum Gasteiger partial charge on any atom is 0.151 e. The fourth-order valence-corrected chi connectivity index (χ4v) is 3.69. The van der Waals surface area contributed by atoms with E-state index in [9.17, 15) is 4.39 Å². The molecule has 5 rings (SSSR count). The Bertz CT molecular complexity index is 1170. The largest absolute Gasteiger partial charge is 0.355 e. The molecule has 1 saturated heterocycles. The second kappa shape index (κ2) is 5.99. The summed E-state index contributed by atoms with van der Waals surface area (Å²) in [6.07, 6.45) is 2.79. The molecule has 0 amide bonds. The Balaban J connectivity index is 1.55. The van der Waals surface area contributed by atoms with E-state index in [0.29, 0.717) is 11.2 Å². The molecule has 7 heteroatoms. The first kappa shape index (κ1) is 16.1. The fourth-order valence-electron chi connectivity index (χ4n) is 3.69. The van der Waals surface area contributed by atoms with E-state index in [0.717, 1.165) is 47.3 Å². The Hall–Kier alpha value is -3.06. The van der Waals surface area contributed by atoms with E-state index >= 15 is 0 Å². The third-order valence-electron chi connectivity index (χ3n) is 5.05. The van der Waals surface area contributed by atoms with E-state index in [-0.39, 0.29) is 11.9 Å². The highest BCUT2D eigenvalue weighted by Crippen LogP contribution is 2.27. The second-order valence-electron chi connectivity index (χ2n) is 7.10. The van der Waals surface area contributed by atoms with Crippen molar-refractivity contribution in [3.8, 4) is 11.3 Å². The highest BCUT2D eigenvalue weighted by molar-refractivity contribution is 5.86. The summed E-state index contributed by atoms with van der Waals surface area (Å²) in [6.45, 7) is 1.75. The molecule has 0 radical (unpaired) electrons. The van der Waals surface area contributed by atoms with Crippen molar-refractivity contribution in [2.24, 2.45) is 12.8 Å². The van der Waals surface area contributed by atoms with Crippen LogP contribution in [0.25, 0.3) is 33.2 Å². The molecule has 0 saturated carbocycles. The van der Waals surface area contributed by atoms with Gasteiger partial charge in [0.1, 0.15) is 11.3 Å². The standard InChI is InChI=1S/C20H19FN6/c1-26-10-13-8-12(9-15(21)20(13)25-26)16-2-3-18-17(23-16)4-5-19(24-18)27-7-6-14(22)11-27/h2-5,8-10,14H,6-7,11,22H2,1H3. The molecular formula is C20H19FN6. The molecule has 6 nitrogen and oxygen atoms in total. The van der Waals surface area contributed by atoms with Gasteiger partial charge in [-0.2, -0.15) is 5.10 Å². The van der Waals surface area contributed by atoms with Crippen molar-refractivity contribution in [3.63, 3.8) is 0 Å². The molecule has 1 aromatic carbocycles. The second-order valence-corrected chi connectivity index (χ2v) is 7.10. The maximum absolute atomic E-state index is 14.4. The van der Waals surface area contributed by atoms with Crippen LogP contribution >= 0.6 is 0 Å². The first-order valence-corrected chi connectivity index (χ1v) is 8.98. The molecule has 0 bridgehead atoms. The molecule has 0 aliphatic carbocycles. The van der Waals surface area contributed by atoms with Gasteiger partial charge in [-0.15, -0.1) is 0 Å². The number of nitrogens with zero attached hydrogens (tertiary/aromatic N) is 5. The number of fused-ring (bicyclic) bond motifs is 2. The van der Waals surface area contributed by atoms with Gasteiger partial charge in [0.25, 0.3) is 0 Å². The van der Waals surface area contributed by atoms with E-state index < -0.39 is 0 Å². The van der Waals surface area contributed by atoms with Crippen molar-refractivity contribution in [3.05, 3.63) is 48.4 Å². The number of hydrogen-bond donors (Lipinski definition) is 1. The van der Waals surface area contributed by atoms with Crippen LogP contribution < -0.4 is 10.6 Å². The number of rotatable bonds is 2. The van der Waals surface area contributed by atoms with Crippen LogP contribution in [-0.4, -0.2) is 38.9 Å². The van der Waals surface area contributed by atoms with Crippen molar-refractivity contribution >= 4 is 27.8 Å². The van der Waals surface area contributed by atoms with Gasteiger partial charge in [-0.3, -0.25) is 4.68 Å². The van der Waals surface area contributed by atoms with Crippen molar-refractivity contribution in [1.82, 2.24) is 19.7 Å². The lowest BCUT2D eigenvalue weighted by Crippen LogP contribution is -2.26. The topological polar surface area (TPSA) is 72.9 Å². The van der Waals surface area contributed by atoms with E-state index in [4.69, 9.17) is 10.7 Å². The van der Waals surface area contributed by atoms with Gasteiger partial charge < -0.3 is 10.6 Å². The molecule has 4 heterocycles. The van der Waals surface area contributed by atoms with Crippen molar-refractivity contribution in [1.29, 1.82) is 0 Å². The Kier molecular flexibility index (Phi) is 3.58. The quantitative estimate of drug-likeness (QED) is 0.594. The van der Waals surface area contributed by atoms with Crippen LogP contribution in [0.1, 0.15) is 6.42 Å². The number of aromatic nitrogens is 4. The molecule has 4 aromatic rings. The van der Waals surface area contributed by atoms with Crippen LogP contribution in [0.4, 0.5) is 10.2 Å². The number of benzene rings is 1. The third kappa shape index (κ3) is 2.80. The normalized spacial score (nSPS) is 17.3. The van der Waals surface area contributed by atoms with E-state index in [1.807, 2.05) is 30.3 Å². The lowest BCUT2D eigenvalue weighted by Gasteiger charge is -2.17. The number of halogens is 1. The van der Waals surface area contributed by atoms with Crippen molar-refractivity contribution < 1.29 is 4.39 Å². The molecule has 1 aliphatic rings. The summed E-state index contributed by atoms with van der Waals surface area (Å²) in [5, 5.41) is 4.91. The molecule has 27 heavy (non-hydrogen) atoms. The van der Waals surface area contributed by atoms with Crippen LogP contribution in [0.2, 0.25) is 0 Å². The molecule has 1 unspecified atom stereocenters. The monoisotopic (exact) mass is 362 g/mol. The predicted octanol–water partition coefficient (Wildman–Crippen LogP) is 2.86. The summed E-state index contributed by atoms with van der Waals surface area (Å²) in [5.74, 6) is 0.580. The van der Waals surface area contributed by atoms with Crippen LogP contribution in [-0.2, 0) is 7.05 Å². The van der Waals surface area contributed by atoms with E-state index in [2.05, 4.69) is 15.0 Å². The Morgan fingerprint density at radius 3 is 2.74 bits per heavy atom. The number of nitrogens with two attached hydrogens (primary N) is 1. The minimum atomic E-state index is -0.344. The average Bonchev–Trinajstić information content (AvgIpc) is 3.26.